The molecule has 0 atom stereocenters. The summed E-state index contributed by atoms with van der Waals surface area (Å²) in [6.07, 6.45) is 14.1. The summed E-state index contributed by atoms with van der Waals surface area (Å²) in [6, 6.07) is 0. The monoisotopic (exact) mass is 973 g/mol. The summed E-state index contributed by atoms with van der Waals surface area (Å²) >= 11 is 3.27. The fraction of sp³-hybridized carbons (Fsp3) is 0.630. The van der Waals surface area contributed by atoms with E-state index >= 15 is 0 Å². The fourth-order valence-electron chi connectivity index (χ4n) is 6.63. The molecule has 0 unspecified atom stereocenters. The standard InChI is InChI=1S/C16H28BNO4.C15H23N3O2.C10H15N3.C5H7BrN2.ClH/c1-14(2,3)20-13(19)18-10-8-12(9-11-18)17-21-15(4,5)16(6,7)22-17;1-11-10-16-13(17(11)5)12-6-8-18(9-7-12)14(19)20-15(2,3)4;1-8-7-12-10(13(8)2)9-3-5-11-6-4-9;1-4-3-7-5(6)8(4)2;/h8H,9-11H2,1-7H3;6,10H,7-9H2,1-5H3;3,7,11H,4-6H2,1-2H3;3H,1-2H3;1H. The van der Waals surface area contributed by atoms with Crippen molar-refractivity contribution in [3.05, 3.63) is 75.8 Å². The Morgan fingerprint density at radius 2 is 1.12 bits per heavy atom. The molecule has 64 heavy (non-hydrogen) atoms. The normalized spacial score (nSPS) is 18.1. The predicted molar refractivity (Wildman–Crippen MR) is 261 cm³/mol. The largest absolute Gasteiger partial charge is 0.490 e. The van der Waals surface area contributed by atoms with Crippen LogP contribution in [0.5, 0.6) is 0 Å². The van der Waals surface area contributed by atoms with E-state index in [0.29, 0.717) is 26.2 Å². The van der Waals surface area contributed by atoms with Gasteiger partial charge in [0.15, 0.2) is 4.73 Å². The first-order chi connectivity index (χ1) is 29.2. The lowest BCUT2D eigenvalue weighted by atomic mass is 9.75. The van der Waals surface area contributed by atoms with Gasteiger partial charge in [0.1, 0.15) is 22.9 Å². The minimum atomic E-state index is -0.465. The first-order valence-electron chi connectivity index (χ1n) is 21.9. The second kappa shape index (κ2) is 22.5. The van der Waals surface area contributed by atoms with E-state index in [1.807, 2.05) is 126 Å². The number of aromatic nitrogens is 6. The molecule has 0 bridgehead atoms. The van der Waals surface area contributed by atoms with E-state index in [1.165, 1.54) is 16.8 Å². The molecule has 1 saturated heterocycles. The molecule has 0 aromatic carbocycles. The molecule has 2 amide bonds. The van der Waals surface area contributed by atoms with E-state index in [4.69, 9.17) is 18.8 Å². The third kappa shape index (κ3) is 15.1. The molecule has 7 heterocycles. The van der Waals surface area contributed by atoms with Crippen molar-refractivity contribution in [2.75, 3.05) is 39.3 Å². The van der Waals surface area contributed by atoms with Gasteiger partial charge in [-0.3, -0.25) is 0 Å². The van der Waals surface area contributed by atoms with Gasteiger partial charge in [-0.1, -0.05) is 18.2 Å². The van der Waals surface area contributed by atoms with E-state index in [9.17, 15) is 9.59 Å². The van der Waals surface area contributed by atoms with Crippen LogP contribution in [0.2, 0.25) is 0 Å². The van der Waals surface area contributed by atoms with Crippen LogP contribution in [0.25, 0.3) is 11.1 Å². The quantitative estimate of drug-likeness (QED) is 0.253. The van der Waals surface area contributed by atoms with Crippen molar-refractivity contribution in [1.82, 2.24) is 43.8 Å². The highest BCUT2D eigenvalue weighted by molar-refractivity contribution is 9.10. The van der Waals surface area contributed by atoms with Gasteiger partial charge in [-0.15, -0.1) is 12.4 Å². The number of aryl methyl sites for hydroxylation is 3. The third-order valence-corrected chi connectivity index (χ3v) is 12.3. The van der Waals surface area contributed by atoms with Crippen molar-refractivity contribution in [1.29, 1.82) is 0 Å². The van der Waals surface area contributed by atoms with Crippen LogP contribution >= 0.6 is 28.3 Å². The molecule has 356 valence electrons. The maximum Gasteiger partial charge on any atom is 0.490 e. The van der Waals surface area contributed by atoms with Gasteiger partial charge in [-0.05, 0) is 148 Å². The summed E-state index contributed by atoms with van der Waals surface area (Å²) in [4.78, 5) is 40.3. The minimum Gasteiger partial charge on any atom is -0.444 e. The van der Waals surface area contributed by atoms with E-state index in [2.05, 4.69) is 71.5 Å². The average Bonchev–Trinajstić information content (AvgIpc) is 3.89. The molecule has 3 aromatic rings. The number of amides is 2. The summed E-state index contributed by atoms with van der Waals surface area (Å²) < 4.78 is 30.0. The Bertz CT molecular complexity index is 2110. The zero-order chi connectivity index (χ0) is 47.1. The molecule has 0 saturated carbocycles. The predicted octanol–water partition coefficient (Wildman–Crippen LogP) is 8.96. The highest BCUT2D eigenvalue weighted by atomic mass is 79.9. The minimum absolute atomic E-state index is 0. The summed E-state index contributed by atoms with van der Waals surface area (Å²) in [5.41, 5.74) is 5.61. The van der Waals surface area contributed by atoms with Crippen LogP contribution in [0.1, 0.15) is 117 Å². The molecule has 4 aliphatic rings. The van der Waals surface area contributed by atoms with Crippen molar-refractivity contribution in [2.24, 2.45) is 21.1 Å². The number of nitrogens with zero attached hydrogens (tertiary/aromatic N) is 8. The topological polar surface area (TPSA) is 143 Å². The van der Waals surface area contributed by atoms with Crippen LogP contribution < -0.4 is 5.32 Å². The number of hydrogen-bond acceptors (Lipinski definition) is 10. The molecule has 15 nitrogen and oxygen atoms in total. The lowest BCUT2D eigenvalue weighted by Gasteiger charge is -2.32. The summed E-state index contributed by atoms with van der Waals surface area (Å²) in [7, 11) is 5.73. The summed E-state index contributed by atoms with van der Waals surface area (Å²) in [5.74, 6) is 2.12. The van der Waals surface area contributed by atoms with Crippen LogP contribution in [0.4, 0.5) is 9.59 Å². The Kier molecular flexibility index (Phi) is 19.2. The molecular formula is C46H74BBrClN9O6. The Hall–Kier alpha value is -3.90. The number of carbonyl (C=O) groups is 2. The van der Waals surface area contributed by atoms with Gasteiger partial charge in [0, 0.05) is 89.5 Å². The number of nitrogens with one attached hydrogen (secondary N) is 1. The SMILES string of the molecule is CC(C)(C)OC(=O)N1CC=C(B2OC(C)(C)C(C)(C)O2)CC1.Cc1cnc(Br)n1C.Cc1cnc(C2=CCN(C(=O)OC(C)(C)C)CC2)n1C.Cc1cnc(C2=CCNCC2)n1C.Cl. The lowest BCUT2D eigenvalue weighted by Crippen LogP contribution is -2.41. The Morgan fingerprint density at radius 3 is 1.44 bits per heavy atom. The number of imidazole rings is 3. The number of rotatable bonds is 3. The number of halogens is 2. The molecular weight excluding hydrogens is 901 g/mol. The number of hydrogen-bond donors (Lipinski definition) is 1. The molecule has 7 rings (SSSR count). The Labute approximate surface area is 397 Å². The van der Waals surface area contributed by atoms with Crippen LogP contribution in [0.3, 0.4) is 0 Å². The van der Waals surface area contributed by atoms with Crippen molar-refractivity contribution in [3.8, 4) is 0 Å². The lowest BCUT2D eigenvalue weighted by molar-refractivity contribution is 0.00578. The van der Waals surface area contributed by atoms with Gasteiger partial charge in [0.25, 0.3) is 0 Å². The Morgan fingerprint density at radius 1 is 0.688 bits per heavy atom. The van der Waals surface area contributed by atoms with Crippen LogP contribution in [-0.4, -0.2) is 119 Å². The third-order valence-electron chi connectivity index (χ3n) is 11.6. The van der Waals surface area contributed by atoms with E-state index < -0.39 is 11.2 Å². The van der Waals surface area contributed by atoms with Crippen LogP contribution in [0, 0.1) is 20.8 Å². The highest BCUT2D eigenvalue weighted by Gasteiger charge is 2.52. The van der Waals surface area contributed by atoms with E-state index in [-0.39, 0.29) is 42.9 Å². The maximum atomic E-state index is 12.1. The fourth-order valence-corrected chi connectivity index (χ4v) is 7.01. The van der Waals surface area contributed by atoms with Gasteiger partial charge < -0.3 is 47.6 Å². The second-order valence-electron chi connectivity index (χ2n) is 19.4. The van der Waals surface area contributed by atoms with Gasteiger partial charge in [0.2, 0.25) is 0 Å². The molecule has 3 aromatic heterocycles. The van der Waals surface area contributed by atoms with Gasteiger partial charge in [0.05, 0.1) is 11.2 Å². The molecule has 0 aliphatic carbocycles. The zero-order valence-corrected chi connectivity index (χ0v) is 43.6. The second-order valence-corrected chi connectivity index (χ2v) is 20.1. The first-order valence-corrected chi connectivity index (χ1v) is 22.7. The highest BCUT2D eigenvalue weighted by Crippen LogP contribution is 2.39. The average molecular weight is 975 g/mol. The molecule has 18 heteroatoms. The van der Waals surface area contributed by atoms with Gasteiger partial charge in [-0.25, -0.2) is 24.5 Å². The Balaban J connectivity index is 0.000000238. The smallest absolute Gasteiger partial charge is 0.444 e. The van der Waals surface area contributed by atoms with Gasteiger partial charge >= 0.3 is 19.3 Å². The molecule has 0 radical (unpaired) electrons. The molecule has 1 fully saturated rings. The summed E-state index contributed by atoms with van der Waals surface area (Å²) in [5, 5.41) is 3.30. The van der Waals surface area contributed by atoms with Crippen molar-refractivity contribution in [3.63, 3.8) is 0 Å². The molecule has 0 spiro atoms. The number of carbonyl (C=O) groups excluding carboxylic acids is 2. The maximum absolute atomic E-state index is 12.1. The molecule has 1 N–H and O–H groups in total. The van der Waals surface area contributed by atoms with Crippen molar-refractivity contribution >= 4 is 58.8 Å². The van der Waals surface area contributed by atoms with Crippen LogP contribution in [-0.2, 0) is 39.9 Å². The number of ether oxygens (including phenoxy) is 2. The van der Waals surface area contributed by atoms with Crippen molar-refractivity contribution in [2.45, 2.75) is 132 Å². The van der Waals surface area contributed by atoms with E-state index in [1.54, 1.807) is 9.80 Å². The summed E-state index contributed by atoms with van der Waals surface area (Å²) in [6.45, 7) is 30.0. The van der Waals surface area contributed by atoms with Gasteiger partial charge in [-0.2, -0.15) is 0 Å². The van der Waals surface area contributed by atoms with E-state index in [0.717, 1.165) is 65.6 Å². The molecule has 4 aliphatic heterocycles. The first kappa shape index (κ1) is 54.4. The zero-order valence-electron chi connectivity index (χ0n) is 41.2. The van der Waals surface area contributed by atoms with Crippen molar-refractivity contribution < 1.29 is 28.4 Å². The van der Waals surface area contributed by atoms with Crippen LogP contribution in [0.15, 0.2) is 47.0 Å².